The number of carbonyl (C=O) groups is 1. The molecule has 1 radical (unpaired) electrons. The zero-order chi connectivity index (χ0) is 9.73. The quantitative estimate of drug-likeness (QED) is 0.709. The van der Waals surface area contributed by atoms with Gasteiger partial charge in [-0.1, -0.05) is 18.2 Å². The molecule has 1 aromatic carbocycles. The zero-order valence-corrected chi connectivity index (χ0v) is 7.49. The molecule has 0 aromatic heterocycles. The van der Waals surface area contributed by atoms with Gasteiger partial charge < -0.3 is 4.79 Å². The summed E-state index contributed by atoms with van der Waals surface area (Å²) >= 11 is 0. The van der Waals surface area contributed by atoms with E-state index in [1.54, 1.807) is 18.2 Å². The Morgan fingerprint density at radius 3 is 2.31 bits per heavy atom. The molecule has 0 atom stereocenters. The fraction of sp³-hybridized carbons (Fsp3) is 0. The first-order valence-corrected chi connectivity index (χ1v) is 4.99. The van der Waals surface area contributed by atoms with Crippen molar-refractivity contribution in [3.63, 3.8) is 0 Å². The maximum Gasteiger partial charge on any atom is 0.241 e. The molecule has 0 saturated carbocycles. The number of carbonyl (C=O) groups excluding carboxylic acids is 1. The highest BCUT2D eigenvalue weighted by Gasteiger charge is 2.11. The summed E-state index contributed by atoms with van der Waals surface area (Å²) in [4.78, 5) is 10.0. The molecule has 0 bridgehead atoms. The summed E-state index contributed by atoms with van der Waals surface area (Å²) < 4.78 is 24.6. The van der Waals surface area contributed by atoms with Crippen LogP contribution in [0.15, 0.2) is 35.2 Å². The van der Waals surface area contributed by atoms with Crippen LogP contribution < -0.4 is 4.72 Å². The van der Waals surface area contributed by atoms with Crippen LogP contribution in [0, 0.1) is 6.54 Å². The van der Waals surface area contributed by atoms with Gasteiger partial charge in [-0.15, -0.1) is 0 Å². The SMILES string of the molecule is O=C[CH]NS(=O)(=O)c1ccccc1. The van der Waals surface area contributed by atoms with Gasteiger partial charge in [0.05, 0.1) is 4.90 Å². The molecule has 0 heterocycles. The van der Waals surface area contributed by atoms with Crippen molar-refractivity contribution in [1.29, 1.82) is 0 Å². The number of rotatable bonds is 4. The molecular weight excluding hydrogens is 190 g/mol. The van der Waals surface area contributed by atoms with Crippen LogP contribution in [-0.2, 0) is 14.8 Å². The monoisotopic (exact) mass is 198 g/mol. The van der Waals surface area contributed by atoms with E-state index in [2.05, 4.69) is 0 Å². The topological polar surface area (TPSA) is 63.2 Å². The zero-order valence-electron chi connectivity index (χ0n) is 6.67. The van der Waals surface area contributed by atoms with Gasteiger partial charge in [-0.2, -0.15) is 4.72 Å². The van der Waals surface area contributed by atoms with Crippen LogP contribution in [0.4, 0.5) is 0 Å². The Morgan fingerprint density at radius 2 is 1.77 bits per heavy atom. The Kier molecular flexibility index (Phi) is 3.16. The van der Waals surface area contributed by atoms with Crippen LogP contribution in [0.3, 0.4) is 0 Å². The van der Waals surface area contributed by atoms with E-state index < -0.39 is 10.0 Å². The molecule has 0 amide bonds. The third-order valence-corrected chi connectivity index (χ3v) is 2.68. The lowest BCUT2D eigenvalue weighted by atomic mass is 10.4. The summed E-state index contributed by atoms with van der Waals surface area (Å²) in [6.45, 7) is 0.836. The summed E-state index contributed by atoms with van der Waals surface area (Å²) in [6.07, 6.45) is 0.375. The van der Waals surface area contributed by atoms with Gasteiger partial charge in [0, 0.05) is 0 Å². The van der Waals surface area contributed by atoms with Crippen molar-refractivity contribution in [2.24, 2.45) is 0 Å². The van der Waals surface area contributed by atoms with Gasteiger partial charge in [0.15, 0.2) is 0 Å². The Morgan fingerprint density at radius 1 is 1.15 bits per heavy atom. The number of aldehydes is 1. The van der Waals surface area contributed by atoms with E-state index >= 15 is 0 Å². The van der Waals surface area contributed by atoms with E-state index in [1.807, 2.05) is 4.72 Å². The van der Waals surface area contributed by atoms with Crippen molar-refractivity contribution >= 4 is 16.3 Å². The van der Waals surface area contributed by atoms with Crippen LogP contribution in [0.25, 0.3) is 0 Å². The number of hydrogen-bond donors (Lipinski definition) is 1. The molecule has 0 spiro atoms. The molecule has 1 aromatic rings. The first-order chi connectivity index (χ1) is 6.17. The third-order valence-electron chi connectivity index (χ3n) is 1.34. The summed E-state index contributed by atoms with van der Waals surface area (Å²) in [6, 6.07) is 7.81. The molecule has 1 N–H and O–H groups in total. The van der Waals surface area contributed by atoms with Crippen LogP contribution in [-0.4, -0.2) is 14.7 Å². The van der Waals surface area contributed by atoms with Gasteiger partial charge in [-0.3, -0.25) is 0 Å². The van der Waals surface area contributed by atoms with E-state index in [0.29, 0.717) is 6.29 Å². The predicted octanol–water partition coefficient (Wildman–Crippen LogP) is 0.326. The molecule has 0 aliphatic heterocycles. The van der Waals surface area contributed by atoms with Gasteiger partial charge in [0.25, 0.3) is 0 Å². The first-order valence-electron chi connectivity index (χ1n) is 3.51. The molecule has 4 nitrogen and oxygen atoms in total. The average Bonchev–Trinajstić information content (AvgIpc) is 2.16. The van der Waals surface area contributed by atoms with Gasteiger partial charge in [0.2, 0.25) is 10.0 Å². The van der Waals surface area contributed by atoms with Gasteiger partial charge in [-0.25, -0.2) is 8.42 Å². The van der Waals surface area contributed by atoms with Gasteiger partial charge >= 0.3 is 0 Å². The Hall–Kier alpha value is -1.20. The van der Waals surface area contributed by atoms with Crippen molar-refractivity contribution in [1.82, 2.24) is 4.72 Å². The number of hydrogen-bond acceptors (Lipinski definition) is 3. The number of benzene rings is 1. The lowest BCUT2D eigenvalue weighted by Crippen LogP contribution is -2.21. The second-order valence-electron chi connectivity index (χ2n) is 2.24. The van der Waals surface area contributed by atoms with Crippen LogP contribution in [0.1, 0.15) is 0 Å². The van der Waals surface area contributed by atoms with Crippen molar-refractivity contribution < 1.29 is 13.2 Å². The maximum absolute atomic E-state index is 11.3. The number of nitrogens with one attached hydrogen (secondary N) is 1. The number of sulfonamides is 1. The largest absolute Gasteiger partial charge is 0.302 e. The molecule has 5 heteroatoms. The fourth-order valence-electron chi connectivity index (χ4n) is 0.785. The van der Waals surface area contributed by atoms with Crippen molar-refractivity contribution in [2.75, 3.05) is 0 Å². The minimum Gasteiger partial charge on any atom is -0.302 e. The van der Waals surface area contributed by atoms with Gasteiger partial charge in [-0.05, 0) is 12.1 Å². The Balaban J connectivity index is 2.88. The van der Waals surface area contributed by atoms with E-state index in [4.69, 9.17) is 0 Å². The average molecular weight is 198 g/mol. The van der Waals surface area contributed by atoms with E-state index in [1.165, 1.54) is 12.1 Å². The second-order valence-corrected chi connectivity index (χ2v) is 3.95. The van der Waals surface area contributed by atoms with E-state index in [9.17, 15) is 13.2 Å². The summed E-state index contributed by atoms with van der Waals surface area (Å²) in [5, 5.41) is 0. The maximum atomic E-state index is 11.3. The highest BCUT2D eigenvalue weighted by atomic mass is 32.2. The smallest absolute Gasteiger partial charge is 0.241 e. The third kappa shape index (κ3) is 2.64. The molecule has 0 aliphatic carbocycles. The highest BCUT2D eigenvalue weighted by Crippen LogP contribution is 2.06. The molecule has 1 rings (SSSR count). The normalized spacial score (nSPS) is 11.1. The minimum absolute atomic E-state index is 0.133. The van der Waals surface area contributed by atoms with Gasteiger partial charge in [0.1, 0.15) is 12.8 Å². The van der Waals surface area contributed by atoms with Crippen LogP contribution in [0.5, 0.6) is 0 Å². The van der Waals surface area contributed by atoms with Crippen LogP contribution in [0.2, 0.25) is 0 Å². The van der Waals surface area contributed by atoms with E-state index in [-0.39, 0.29) is 4.90 Å². The summed E-state index contributed by atoms with van der Waals surface area (Å²) in [7, 11) is -3.56. The standard InChI is InChI=1S/C8H8NO3S/c10-7-6-9-13(11,12)8-4-2-1-3-5-8/h1-7,9H. The van der Waals surface area contributed by atoms with Crippen molar-refractivity contribution in [2.45, 2.75) is 4.90 Å². The molecular formula is C8H8NO3S. The molecule has 0 aliphatic rings. The molecule has 0 unspecified atom stereocenters. The van der Waals surface area contributed by atoms with Crippen molar-refractivity contribution in [3.8, 4) is 0 Å². The Labute approximate surface area is 76.6 Å². The highest BCUT2D eigenvalue weighted by molar-refractivity contribution is 7.89. The Bertz CT molecular complexity index is 372. The summed E-state index contributed by atoms with van der Waals surface area (Å²) in [5.74, 6) is 0. The molecule has 69 valence electrons. The molecule has 0 fully saturated rings. The lowest BCUT2D eigenvalue weighted by molar-refractivity contribution is -0.105. The minimum atomic E-state index is -3.56. The second kappa shape index (κ2) is 4.15. The molecule has 0 saturated heterocycles. The summed E-state index contributed by atoms with van der Waals surface area (Å²) in [5.41, 5.74) is 0. The van der Waals surface area contributed by atoms with Crippen LogP contribution >= 0.6 is 0 Å². The lowest BCUT2D eigenvalue weighted by Gasteiger charge is -2.01. The van der Waals surface area contributed by atoms with Crippen molar-refractivity contribution in [3.05, 3.63) is 36.9 Å². The molecule has 13 heavy (non-hydrogen) atoms. The predicted molar refractivity (Wildman–Crippen MR) is 47.1 cm³/mol. The first kappa shape index (κ1) is 9.88. The van der Waals surface area contributed by atoms with E-state index in [0.717, 1.165) is 6.54 Å². The fourth-order valence-corrected chi connectivity index (χ4v) is 1.67.